The van der Waals surface area contributed by atoms with E-state index >= 15 is 0 Å². The summed E-state index contributed by atoms with van der Waals surface area (Å²) in [6.45, 7) is 8.36. The first-order valence-electron chi connectivity index (χ1n) is 6.78. The highest BCUT2D eigenvalue weighted by Crippen LogP contribution is 2.23. The lowest BCUT2D eigenvalue weighted by Crippen LogP contribution is -2.04. The third-order valence-electron chi connectivity index (χ3n) is 3.78. The van der Waals surface area contributed by atoms with Gasteiger partial charge < -0.3 is 5.11 Å². The van der Waals surface area contributed by atoms with Crippen molar-refractivity contribution >= 4 is 0 Å². The molecule has 0 aliphatic rings. The third-order valence-corrected chi connectivity index (χ3v) is 3.78. The highest BCUT2D eigenvalue weighted by molar-refractivity contribution is 5.35. The van der Waals surface area contributed by atoms with Crippen LogP contribution in [-0.2, 0) is 6.42 Å². The molecule has 0 heterocycles. The summed E-state index contributed by atoms with van der Waals surface area (Å²) in [7, 11) is 0. The molecule has 1 N–H and O–H groups in total. The van der Waals surface area contributed by atoms with Gasteiger partial charge in [0.25, 0.3) is 0 Å². The van der Waals surface area contributed by atoms with E-state index in [-0.39, 0.29) is 0 Å². The van der Waals surface area contributed by atoms with Gasteiger partial charge in [0.1, 0.15) is 0 Å². The summed E-state index contributed by atoms with van der Waals surface area (Å²) in [5.74, 6) is 0. The zero-order chi connectivity index (χ0) is 14.0. The molecule has 0 fully saturated rings. The molecule has 1 unspecified atom stereocenters. The number of aliphatic hydroxyl groups excluding tert-OH is 1. The zero-order valence-electron chi connectivity index (χ0n) is 12.2. The minimum atomic E-state index is -0.428. The van der Waals surface area contributed by atoms with Gasteiger partial charge in [-0.2, -0.15) is 0 Å². The van der Waals surface area contributed by atoms with Crippen LogP contribution in [0.2, 0.25) is 0 Å². The van der Waals surface area contributed by atoms with Crippen molar-refractivity contribution in [3.63, 3.8) is 0 Å². The fourth-order valence-corrected chi connectivity index (χ4v) is 2.46. The molecule has 0 saturated heterocycles. The average Bonchev–Trinajstić information content (AvgIpc) is 2.33. The number of rotatable bonds is 3. The normalized spacial score (nSPS) is 12.5. The van der Waals surface area contributed by atoms with Crippen molar-refractivity contribution < 1.29 is 5.11 Å². The van der Waals surface area contributed by atoms with Crippen LogP contribution in [0, 0.1) is 27.7 Å². The molecule has 2 rings (SSSR count). The Morgan fingerprint density at radius 3 is 2.21 bits per heavy atom. The number of hydrogen-bond donors (Lipinski definition) is 1. The van der Waals surface area contributed by atoms with Crippen LogP contribution >= 0.6 is 0 Å². The maximum atomic E-state index is 10.4. The topological polar surface area (TPSA) is 20.2 Å². The average molecular weight is 254 g/mol. The van der Waals surface area contributed by atoms with E-state index in [1.807, 2.05) is 6.07 Å². The molecule has 0 aliphatic heterocycles. The van der Waals surface area contributed by atoms with E-state index in [1.54, 1.807) is 0 Å². The van der Waals surface area contributed by atoms with E-state index in [0.29, 0.717) is 6.42 Å². The predicted molar refractivity (Wildman–Crippen MR) is 80.5 cm³/mol. The summed E-state index contributed by atoms with van der Waals surface area (Å²) in [4.78, 5) is 0. The lowest BCUT2D eigenvalue weighted by Gasteiger charge is -2.15. The van der Waals surface area contributed by atoms with Gasteiger partial charge in [-0.3, -0.25) is 0 Å². The van der Waals surface area contributed by atoms with Crippen LogP contribution in [0.4, 0.5) is 0 Å². The Morgan fingerprint density at radius 1 is 0.842 bits per heavy atom. The second-order valence-corrected chi connectivity index (χ2v) is 5.50. The molecule has 0 radical (unpaired) electrons. The fraction of sp³-hybridized carbons (Fsp3) is 0.333. The Balaban J connectivity index is 2.20. The summed E-state index contributed by atoms with van der Waals surface area (Å²) in [6.07, 6.45) is 0.244. The van der Waals surface area contributed by atoms with Gasteiger partial charge in [-0.25, -0.2) is 0 Å². The molecule has 100 valence electrons. The molecular weight excluding hydrogens is 232 g/mol. The minimum Gasteiger partial charge on any atom is -0.388 e. The Kier molecular flexibility index (Phi) is 4.06. The van der Waals surface area contributed by atoms with Gasteiger partial charge in [0, 0.05) is 6.42 Å². The van der Waals surface area contributed by atoms with E-state index in [0.717, 1.165) is 11.1 Å². The second-order valence-electron chi connectivity index (χ2n) is 5.50. The number of aryl methyl sites for hydroxylation is 4. The molecule has 2 aromatic carbocycles. The van der Waals surface area contributed by atoms with Crippen LogP contribution in [0.25, 0.3) is 0 Å². The Hall–Kier alpha value is -1.60. The highest BCUT2D eigenvalue weighted by Gasteiger charge is 2.11. The number of aliphatic hydroxyl groups is 1. The van der Waals surface area contributed by atoms with Gasteiger partial charge in [-0.15, -0.1) is 0 Å². The molecule has 19 heavy (non-hydrogen) atoms. The van der Waals surface area contributed by atoms with Crippen LogP contribution in [0.1, 0.15) is 39.5 Å². The molecule has 2 aromatic rings. The second kappa shape index (κ2) is 5.58. The van der Waals surface area contributed by atoms with E-state index in [9.17, 15) is 5.11 Å². The van der Waals surface area contributed by atoms with Gasteiger partial charge in [0.05, 0.1) is 6.10 Å². The Morgan fingerprint density at radius 2 is 1.58 bits per heavy atom. The van der Waals surface area contributed by atoms with Crippen LogP contribution in [-0.4, -0.2) is 5.11 Å². The number of benzene rings is 2. The van der Waals surface area contributed by atoms with Crippen LogP contribution in [0.5, 0.6) is 0 Å². The van der Waals surface area contributed by atoms with Crippen LogP contribution in [0.3, 0.4) is 0 Å². The summed E-state index contributed by atoms with van der Waals surface area (Å²) in [6, 6.07) is 12.6. The molecule has 1 atom stereocenters. The predicted octanol–water partition coefficient (Wildman–Crippen LogP) is 4.20. The Bertz CT molecular complexity index is 584. The maximum absolute atomic E-state index is 10.4. The standard InChI is InChI=1S/C18H22O/c1-12-5-8-17(15(4)9-12)18(19)11-16-7-6-13(2)14(3)10-16/h5-10,18-19H,11H2,1-4H3. The fourth-order valence-electron chi connectivity index (χ4n) is 2.46. The highest BCUT2D eigenvalue weighted by atomic mass is 16.3. The molecule has 0 bridgehead atoms. The number of hydrogen-bond acceptors (Lipinski definition) is 1. The molecule has 0 spiro atoms. The van der Waals surface area contributed by atoms with Crippen LogP contribution in [0.15, 0.2) is 36.4 Å². The van der Waals surface area contributed by atoms with Crippen molar-refractivity contribution in [2.75, 3.05) is 0 Å². The van der Waals surface area contributed by atoms with Crippen molar-refractivity contribution in [2.24, 2.45) is 0 Å². The van der Waals surface area contributed by atoms with Gasteiger partial charge in [0.15, 0.2) is 0 Å². The van der Waals surface area contributed by atoms with Gasteiger partial charge in [0.2, 0.25) is 0 Å². The summed E-state index contributed by atoms with van der Waals surface area (Å²) in [5, 5.41) is 10.4. The first-order chi connectivity index (χ1) is 8.97. The third kappa shape index (κ3) is 3.24. The van der Waals surface area contributed by atoms with E-state index < -0.39 is 6.10 Å². The zero-order valence-corrected chi connectivity index (χ0v) is 12.2. The summed E-state index contributed by atoms with van der Waals surface area (Å²) < 4.78 is 0. The molecule has 1 nitrogen and oxygen atoms in total. The molecule has 1 heteroatoms. The van der Waals surface area contributed by atoms with Gasteiger partial charge in [-0.05, 0) is 55.5 Å². The molecule has 0 amide bonds. The molecule has 0 aromatic heterocycles. The van der Waals surface area contributed by atoms with E-state index in [2.05, 4.69) is 58.0 Å². The monoisotopic (exact) mass is 254 g/mol. The van der Waals surface area contributed by atoms with Crippen molar-refractivity contribution in [2.45, 2.75) is 40.2 Å². The van der Waals surface area contributed by atoms with Crippen LogP contribution < -0.4 is 0 Å². The van der Waals surface area contributed by atoms with E-state index in [1.165, 1.54) is 22.3 Å². The lowest BCUT2D eigenvalue weighted by atomic mass is 9.95. The Labute approximate surface area is 115 Å². The quantitative estimate of drug-likeness (QED) is 0.870. The van der Waals surface area contributed by atoms with E-state index in [4.69, 9.17) is 0 Å². The molecular formula is C18H22O. The van der Waals surface area contributed by atoms with Crippen molar-refractivity contribution in [3.05, 3.63) is 69.8 Å². The smallest absolute Gasteiger partial charge is 0.0832 e. The summed E-state index contributed by atoms with van der Waals surface area (Å²) >= 11 is 0. The first kappa shape index (κ1) is 13.8. The summed E-state index contributed by atoms with van der Waals surface area (Å²) in [5.41, 5.74) is 7.20. The lowest BCUT2D eigenvalue weighted by molar-refractivity contribution is 0.177. The molecule has 0 aliphatic carbocycles. The largest absolute Gasteiger partial charge is 0.388 e. The van der Waals surface area contributed by atoms with Crippen molar-refractivity contribution in [1.82, 2.24) is 0 Å². The van der Waals surface area contributed by atoms with Crippen molar-refractivity contribution in [1.29, 1.82) is 0 Å². The molecule has 0 saturated carbocycles. The van der Waals surface area contributed by atoms with Gasteiger partial charge in [-0.1, -0.05) is 42.0 Å². The van der Waals surface area contributed by atoms with Crippen molar-refractivity contribution in [3.8, 4) is 0 Å². The minimum absolute atomic E-state index is 0.428. The first-order valence-corrected chi connectivity index (χ1v) is 6.78. The SMILES string of the molecule is Cc1ccc(C(O)Cc2ccc(C)c(C)c2)c(C)c1. The maximum Gasteiger partial charge on any atom is 0.0832 e. The van der Waals surface area contributed by atoms with Gasteiger partial charge >= 0.3 is 0 Å².